The number of carbonyl (C=O) groups excluding carboxylic acids is 1. The average Bonchev–Trinajstić information content (AvgIpc) is 2.91. The lowest BCUT2D eigenvalue weighted by atomic mass is 9.81. The molecule has 0 fully saturated rings. The Morgan fingerprint density at radius 1 is 0.743 bits per heavy atom. The van der Waals surface area contributed by atoms with Gasteiger partial charge < -0.3 is 4.74 Å². The first kappa shape index (κ1) is 23.9. The minimum atomic E-state index is -0.437. The zero-order valence-electron chi connectivity index (χ0n) is 20.1. The summed E-state index contributed by atoms with van der Waals surface area (Å²) in [6, 6.07) is 38.1. The summed E-state index contributed by atoms with van der Waals surface area (Å²) in [5, 5.41) is 0. The number of nitrogens with zero attached hydrogens (tertiary/aromatic N) is 1. The molecule has 0 heterocycles. The molecule has 0 bridgehead atoms. The molecule has 0 aliphatic heterocycles. The smallest absolute Gasteiger partial charge is 0.333 e. The molecule has 2 atom stereocenters. The number of hydrogen-bond acceptors (Lipinski definition) is 3. The molecule has 0 aliphatic carbocycles. The van der Waals surface area contributed by atoms with Crippen LogP contribution in [-0.4, -0.2) is 18.8 Å². The minimum absolute atomic E-state index is 0.370. The highest BCUT2D eigenvalue weighted by atomic mass is 16.5. The lowest BCUT2D eigenvalue weighted by Crippen LogP contribution is -2.20. The van der Waals surface area contributed by atoms with Crippen LogP contribution in [0.25, 0.3) is 0 Å². The lowest BCUT2D eigenvalue weighted by Gasteiger charge is -2.27. The monoisotopic (exact) mass is 459 g/mol. The highest BCUT2D eigenvalue weighted by molar-refractivity contribution is 6.13. The summed E-state index contributed by atoms with van der Waals surface area (Å²) >= 11 is 0. The van der Waals surface area contributed by atoms with Crippen molar-refractivity contribution in [1.82, 2.24) is 0 Å². The van der Waals surface area contributed by atoms with Crippen LogP contribution in [0.5, 0.6) is 0 Å². The van der Waals surface area contributed by atoms with Gasteiger partial charge in [-0.05, 0) is 18.1 Å². The fourth-order valence-corrected chi connectivity index (χ4v) is 4.33. The van der Waals surface area contributed by atoms with Crippen LogP contribution in [-0.2, 0) is 9.53 Å². The molecule has 0 aromatic heterocycles. The van der Waals surface area contributed by atoms with Crippen molar-refractivity contribution in [1.29, 1.82) is 0 Å². The fourth-order valence-electron chi connectivity index (χ4n) is 4.33. The number of aryl methyl sites for hydroxylation is 1. The maximum atomic E-state index is 12.8. The fraction of sp³-hybridized carbons (Fsp3) is 0.125. The van der Waals surface area contributed by atoms with E-state index >= 15 is 0 Å². The summed E-state index contributed by atoms with van der Waals surface area (Å²) in [7, 11) is 1.39. The standard InChI is InChI=1S/C32H29NO2/c1-23-14-13-21-28(22-23)31(29(24(2)32(34)35-3)25-15-7-4-8-16-25)33-30(26-17-9-5-10-18-26)27-19-11-6-12-20-27/h4-22,29,31H,2H2,1,3H3/t29-,31-/m0/s1. The van der Waals surface area contributed by atoms with Gasteiger partial charge in [-0.1, -0.05) is 127 Å². The van der Waals surface area contributed by atoms with Crippen molar-refractivity contribution in [2.75, 3.05) is 7.11 Å². The highest BCUT2D eigenvalue weighted by Crippen LogP contribution is 2.40. The van der Waals surface area contributed by atoms with E-state index in [0.29, 0.717) is 5.57 Å². The van der Waals surface area contributed by atoms with E-state index in [1.54, 1.807) is 0 Å². The molecule has 0 unspecified atom stereocenters. The van der Waals surface area contributed by atoms with Gasteiger partial charge in [0.15, 0.2) is 0 Å². The molecule has 0 saturated heterocycles. The van der Waals surface area contributed by atoms with Crippen LogP contribution < -0.4 is 0 Å². The van der Waals surface area contributed by atoms with E-state index in [2.05, 4.69) is 56.0 Å². The van der Waals surface area contributed by atoms with E-state index in [1.165, 1.54) is 7.11 Å². The average molecular weight is 460 g/mol. The first-order valence-electron chi connectivity index (χ1n) is 11.7. The molecule has 4 aromatic rings. The van der Waals surface area contributed by atoms with Crippen molar-refractivity contribution >= 4 is 11.7 Å². The maximum Gasteiger partial charge on any atom is 0.333 e. The Balaban J connectivity index is 1.99. The molecule has 4 aromatic carbocycles. The summed E-state index contributed by atoms with van der Waals surface area (Å²) in [4.78, 5) is 18.2. The number of methoxy groups -OCH3 is 1. The van der Waals surface area contributed by atoms with Gasteiger partial charge in [-0.25, -0.2) is 4.79 Å². The second-order valence-electron chi connectivity index (χ2n) is 8.47. The van der Waals surface area contributed by atoms with Gasteiger partial charge in [0.2, 0.25) is 0 Å². The number of aliphatic imine (C=N–C) groups is 1. The molecule has 4 rings (SSSR count). The van der Waals surface area contributed by atoms with Crippen molar-refractivity contribution in [2.45, 2.75) is 18.9 Å². The van der Waals surface area contributed by atoms with Gasteiger partial charge in [-0.15, -0.1) is 0 Å². The van der Waals surface area contributed by atoms with E-state index < -0.39 is 17.9 Å². The van der Waals surface area contributed by atoms with Crippen molar-refractivity contribution in [3.8, 4) is 0 Å². The highest BCUT2D eigenvalue weighted by Gasteiger charge is 2.31. The van der Waals surface area contributed by atoms with Crippen molar-refractivity contribution in [2.24, 2.45) is 4.99 Å². The van der Waals surface area contributed by atoms with Gasteiger partial charge in [-0.3, -0.25) is 4.99 Å². The molecule has 0 aliphatic rings. The molecule has 0 saturated carbocycles. The molecule has 174 valence electrons. The quantitative estimate of drug-likeness (QED) is 0.160. The lowest BCUT2D eigenvalue weighted by molar-refractivity contribution is -0.136. The van der Waals surface area contributed by atoms with Gasteiger partial charge in [0.05, 0.1) is 18.9 Å². The van der Waals surface area contributed by atoms with Crippen LogP contribution in [0.2, 0.25) is 0 Å². The third-order valence-corrected chi connectivity index (χ3v) is 6.04. The summed E-state index contributed by atoms with van der Waals surface area (Å²) in [5.74, 6) is -0.847. The van der Waals surface area contributed by atoms with E-state index in [1.807, 2.05) is 72.8 Å². The van der Waals surface area contributed by atoms with E-state index in [9.17, 15) is 4.79 Å². The van der Waals surface area contributed by atoms with Gasteiger partial charge in [-0.2, -0.15) is 0 Å². The Kier molecular flexibility index (Phi) is 7.69. The summed E-state index contributed by atoms with van der Waals surface area (Å²) in [6.07, 6.45) is 0. The normalized spacial score (nSPS) is 12.3. The molecule has 0 radical (unpaired) electrons. The number of esters is 1. The molecule has 0 amide bonds. The van der Waals surface area contributed by atoms with E-state index in [4.69, 9.17) is 9.73 Å². The Labute approximate surface area is 207 Å². The molecule has 3 heteroatoms. The van der Waals surface area contributed by atoms with E-state index in [0.717, 1.165) is 33.5 Å². The summed E-state index contributed by atoms with van der Waals surface area (Å²) in [5.41, 5.74) is 6.33. The SMILES string of the molecule is C=C(C(=O)OC)[C@@H](c1ccccc1)[C@@H](N=C(c1ccccc1)c1ccccc1)c1cccc(C)c1. The van der Waals surface area contributed by atoms with Crippen molar-refractivity contribution in [3.63, 3.8) is 0 Å². The van der Waals surface area contributed by atoms with Gasteiger partial charge in [0.1, 0.15) is 0 Å². The number of rotatable bonds is 8. The number of ether oxygens (including phenoxy) is 1. The molecule has 0 N–H and O–H groups in total. The number of benzene rings is 4. The summed E-state index contributed by atoms with van der Waals surface area (Å²) < 4.78 is 5.11. The Bertz CT molecular complexity index is 1270. The van der Waals surface area contributed by atoms with Crippen molar-refractivity contribution < 1.29 is 9.53 Å². The maximum absolute atomic E-state index is 12.8. The van der Waals surface area contributed by atoms with Crippen LogP contribution >= 0.6 is 0 Å². The van der Waals surface area contributed by atoms with Gasteiger partial charge >= 0.3 is 5.97 Å². The second-order valence-corrected chi connectivity index (χ2v) is 8.47. The van der Waals surface area contributed by atoms with Gasteiger partial charge in [0.25, 0.3) is 0 Å². The second kappa shape index (κ2) is 11.3. The Morgan fingerprint density at radius 3 is 1.77 bits per heavy atom. The first-order chi connectivity index (χ1) is 17.1. The number of hydrogen-bond donors (Lipinski definition) is 0. The van der Waals surface area contributed by atoms with Gasteiger partial charge in [0, 0.05) is 22.6 Å². The van der Waals surface area contributed by atoms with E-state index in [-0.39, 0.29) is 0 Å². The zero-order chi connectivity index (χ0) is 24.6. The Morgan fingerprint density at radius 2 is 1.26 bits per heavy atom. The predicted molar refractivity (Wildman–Crippen MR) is 143 cm³/mol. The third kappa shape index (κ3) is 5.64. The molecular formula is C32H29NO2. The van der Waals surface area contributed by atoms with Crippen LogP contribution in [0, 0.1) is 6.92 Å². The first-order valence-corrected chi connectivity index (χ1v) is 11.7. The number of carbonyl (C=O) groups is 1. The van der Waals surface area contributed by atoms with Crippen LogP contribution in [0.15, 0.2) is 132 Å². The summed E-state index contributed by atoms with van der Waals surface area (Å²) in [6.45, 7) is 6.24. The third-order valence-electron chi connectivity index (χ3n) is 6.04. The zero-order valence-corrected chi connectivity index (χ0v) is 20.1. The molecule has 3 nitrogen and oxygen atoms in total. The predicted octanol–water partition coefficient (Wildman–Crippen LogP) is 7.09. The van der Waals surface area contributed by atoms with Crippen molar-refractivity contribution in [3.05, 3.63) is 155 Å². The Hall–Kier alpha value is -4.24. The molecule has 0 spiro atoms. The van der Waals surface area contributed by atoms with Crippen LogP contribution in [0.3, 0.4) is 0 Å². The topological polar surface area (TPSA) is 38.7 Å². The largest absolute Gasteiger partial charge is 0.466 e. The van der Waals surface area contributed by atoms with Crippen LogP contribution in [0.4, 0.5) is 0 Å². The van der Waals surface area contributed by atoms with Crippen LogP contribution in [0.1, 0.15) is 39.8 Å². The molecule has 35 heavy (non-hydrogen) atoms. The minimum Gasteiger partial charge on any atom is -0.466 e. The molecular weight excluding hydrogens is 430 g/mol.